The Morgan fingerprint density at radius 3 is 1.92 bits per heavy atom. The molecule has 0 saturated carbocycles. The zero-order valence-corrected chi connectivity index (χ0v) is 19.6. The van der Waals surface area contributed by atoms with E-state index in [1.807, 2.05) is 6.07 Å². The lowest BCUT2D eigenvalue weighted by Crippen LogP contribution is -2.47. The van der Waals surface area contributed by atoms with E-state index < -0.39 is 36.2 Å². The van der Waals surface area contributed by atoms with Gasteiger partial charge in [-0.05, 0) is 23.6 Å². The molecule has 1 heterocycles. The second-order valence-electron chi connectivity index (χ2n) is 8.07. The van der Waals surface area contributed by atoms with Crippen LogP contribution in [0.3, 0.4) is 0 Å². The first kappa shape index (κ1) is 24.7. The van der Waals surface area contributed by atoms with Crippen molar-refractivity contribution in [2.24, 2.45) is 0 Å². The Labute approximate surface area is 208 Å². The summed E-state index contributed by atoms with van der Waals surface area (Å²) >= 11 is 0. The van der Waals surface area contributed by atoms with Crippen LogP contribution in [0.5, 0.6) is 0 Å². The minimum absolute atomic E-state index is 0.0721. The molecule has 4 rings (SSSR count). The summed E-state index contributed by atoms with van der Waals surface area (Å²) in [5, 5.41) is 16.9. The molecule has 1 atom stereocenters. The molecular weight excluding hydrogens is 460 g/mol. The van der Waals surface area contributed by atoms with Crippen LogP contribution in [0.2, 0.25) is 0 Å². The van der Waals surface area contributed by atoms with Crippen molar-refractivity contribution in [2.75, 3.05) is 13.2 Å². The predicted octanol–water partition coefficient (Wildman–Crippen LogP) is 3.34. The van der Waals surface area contributed by atoms with E-state index in [0.717, 1.165) is 0 Å². The minimum Gasteiger partial charge on any atom is -0.463 e. The Bertz CT molecular complexity index is 1220. The maximum Gasteiger partial charge on any atom is 0.348 e. The van der Waals surface area contributed by atoms with Gasteiger partial charge in [0.15, 0.2) is 0 Å². The number of esters is 2. The molecule has 8 heteroatoms. The summed E-state index contributed by atoms with van der Waals surface area (Å²) in [6.45, 7) is 1.32. The summed E-state index contributed by atoms with van der Waals surface area (Å²) in [7, 11) is 0. The maximum atomic E-state index is 13.4. The minimum atomic E-state index is -2.11. The number of aliphatic hydroxyl groups is 1. The summed E-state index contributed by atoms with van der Waals surface area (Å²) in [5.41, 5.74) is -0.636. The molecule has 1 aliphatic heterocycles. The molecule has 0 aliphatic carbocycles. The number of amides is 2. The molecule has 3 aromatic carbocycles. The molecule has 3 aromatic rings. The molecule has 0 bridgehead atoms. The van der Waals surface area contributed by atoms with Crippen molar-refractivity contribution in [2.45, 2.75) is 18.6 Å². The highest BCUT2D eigenvalue weighted by atomic mass is 16.6. The molecule has 184 valence electrons. The van der Waals surface area contributed by atoms with Crippen LogP contribution >= 0.6 is 0 Å². The van der Waals surface area contributed by atoms with Crippen molar-refractivity contribution in [3.8, 4) is 0 Å². The van der Waals surface area contributed by atoms with Crippen molar-refractivity contribution in [3.63, 3.8) is 0 Å². The number of carbonyl (C=O) groups excluding carboxylic acids is 3. The van der Waals surface area contributed by atoms with Crippen molar-refractivity contribution in [1.29, 1.82) is 0 Å². The summed E-state index contributed by atoms with van der Waals surface area (Å²) in [4.78, 5) is 38.8. The molecule has 1 unspecified atom stereocenters. The lowest BCUT2D eigenvalue weighted by atomic mass is 9.86. The van der Waals surface area contributed by atoms with Crippen LogP contribution in [0.4, 0.5) is 4.79 Å². The van der Waals surface area contributed by atoms with Gasteiger partial charge in [0, 0.05) is 0 Å². The Hall–Kier alpha value is -4.43. The van der Waals surface area contributed by atoms with E-state index in [0.29, 0.717) is 16.7 Å². The molecule has 1 aliphatic rings. The van der Waals surface area contributed by atoms with Crippen LogP contribution in [0.15, 0.2) is 102 Å². The van der Waals surface area contributed by atoms with Gasteiger partial charge in [0.1, 0.15) is 6.61 Å². The van der Waals surface area contributed by atoms with Crippen LogP contribution in [0.1, 0.15) is 29.7 Å². The predicted molar refractivity (Wildman–Crippen MR) is 131 cm³/mol. The van der Waals surface area contributed by atoms with E-state index in [2.05, 4.69) is 10.6 Å². The average Bonchev–Trinajstić information content (AvgIpc) is 2.92. The third-order valence-electron chi connectivity index (χ3n) is 5.81. The van der Waals surface area contributed by atoms with Crippen molar-refractivity contribution in [1.82, 2.24) is 10.6 Å². The molecule has 0 fully saturated rings. The standard InChI is InChI=1S/C28H26N2O6/c1-2-35-25(31)23-22(29-27(33)30-24(23)19-12-6-3-7-13-19)18-36-26(32)28(34,20-14-8-4-9-15-20)21-16-10-5-11-17-21/h3-17,24,34H,2,18H2,1H3,(H2,29,30,33). The number of urea groups is 1. The summed E-state index contributed by atoms with van der Waals surface area (Å²) in [6, 6.07) is 24.4. The highest BCUT2D eigenvalue weighted by molar-refractivity contribution is 5.95. The van der Waals surface area contributed by atoms with Gasteiger partial charge in [-0.15, -0.1) is 0 Å². The fourth-order valence-electron chi connectivity index (χ4n) is 4.08. The zero-order chi connectivity index (χ0) is 25.5. The number of hydrogen-bond acceptors (Lipinski definition) is 6. The Balaban J connectivity index is 1.70. The highest BCUT2D eigenvalue weighted by Gasteiger charge is 2.42. The van der Waals surface area contributed by atoms with Gasteiger partial charge < -0.3 is 25.2 Å². The first-order valence-corrected chi connectivity index (χ1v) is 11.5. The molecule has 0 saturated heterocycles. The molecule has 0 spiro atoms. The molecule has 3 N–H and O–H groups in total. The van der Waals surface area contributed by atoms with Crippen LogP contribution in [0.25, 0.3) is 0 Å². The number of carbonyl (C=O) groups is 3. The van der Waals surface area contributed by atoms with E-state index in [9.17, 15) is 19.5 Å². The first-order chi connectivity index (χ1) is 17.4. The van der Waals surface area contributed by atoms with E-state index in [-0.39, 0.29) is 17.9 Å². The third kappa shape index (κ3) is 4.99. The van der Waals surface area contributed by atoms with Crippen molar-refractivity contribution in [3.05, 3.63) is 119 Å². The van der Waals surface area contributed by atoms with E-state index in [1.54, 1.807) is 91.9 Å². The Morgan fingerprint density at radius 2 is 1.39 bits per heavy atom. The lowest BCUT2D eigenvalue weighted by Gasteiger charge is -2.30. The summed E-state index contributed by atoms with van der Waals surface area (Å²) < 4.78 is 10.8. The summed E-state index contributed by atoms with van der Waals surface area (Å²) in [5.74, 6) is -1.62. The van der Waals surface area contributed by atoms with E-state index in [4.69, 9.17) is 9.47 Å². The van der Waals surface area contributed by atoms with Crippen LogP contribution in [-0.4, -0.2) is 36.3 Å². The van der Waals surface area contributed by atoms with Crippen molar-refractivity contribution >= 4 is 18.0 Å². The normalized spacial score (nSPS) is 15.5. The number of rotatable bonds is 8. The second-order valence-corrected chi connectivity index (χ2v) is 8.07. The smallest absolute Gasteiger partial charge is 0.348 e. The quantitative estimate of drug-likeness (QED) is 0.421. The van der Waals surface area contributed by atoms with Gasteiger partial charge in [-0.25, -0.2) is 14.4 Å². The van der Waals surface area contributed by atoms with Crippen LogP contribution in [-0.2, 0) is 24.7 Å². The van der Waals surface area contributed by atoms with Gasteiger partial charge in [-0.2, -0.15) is 0 Å². The number of hydrogen-bond donors (Lipinski definition) is 3. The van der Waals surface area contributed by atoms with Crippen molar-refractivity contribution < 1.29 is 29.0 Å². The SMILES string of the molecule is CCOC(=O)C1=C(COC(=O)C(O)(c2ccccc2)c2ccccc2)NC(=O)NC1c1ccccc1. The molecule has 0 aromatic heterocycles. The maximum absolute atomic E-state index is 13.4. The highest BCUT2D eigenvalue weighted by Crippen LogP contribution is 2.32. The third-order valence-corrected chi connectivity index (χ3v) is 5.81. The Morgan fingerprint density at radius 1 is 0.861 bits per heavy atom. The lowest BCUT2D eigenvalue weighted by molar-refractivity contribution is -0.161. The molecular formula is C28H26N2O6. The van der Waals surface area contributed by atoms with E-state index in [1.165, 1.54) is 0 Å². The number of nitrogens with one attached hydrogen (secondary N) is 2. The molecule has 8 nitrogen and oxygen atoms in total. The monoisotopic (exact) mass is 486 g/mol. The van der Waals surface area contributed by atoms with Gasteiger partial charge in [-0.1, -0.05) is 91.0 Å². The fourth-order valence-corrected chi connectivity index (χ4v) is 4.08. The van der Waals surface area contributed by atoms with Crippen LogP contribution < -0.4 is 10.6 Å². The topological polar surface area (TPSA) is 114 Å². The second kappa shape index (κ2) is 10.9. The fraction of sp³-hybridized carbons (Fsp3) is 0.179. The molecule has 36 heavy (non-hydrogen) atoms. The largest absolute Gasteiger partial charge is 0.463 e. The van der Waals surface area contributed by atoms with E-state index >= 15 is 0 Å². The Kier molecular flexibility index (Phi) is 7.46. The van der Waals surface area contributed by atoms with Gasteiger partial charge in [0.2, 0.25) is 5.60 Å². The average molecular weight is 487 g/mol. The molecule has 0 radical (unpaired) electrons. The summed E-state index contributed by atoms with van der Waals surface area (Å²) in [6.07, 6.45) is 0. The molecule has 2 amide bonds. The number of ether oxygens (including phenoxy) is 2. The number of benzene rings is 3. The first-order valence-electron chi connectivity index (χ1n) is 11.5. The van der Waals surface area contributed by atoms with Gasteiger partial charge in [0.05, 0.1) is 23.9 Å². The van der Waals surface area contributed by atoms with Gasteiger partial charge >= 0.3 is 18.0 Å². The van der Waals surface area contributed by atoms with Gasteiger partial charge in [-0.3, -0.25) is 0 Å². The van der Waals surface area contributed by atoms with Gasteiger partial charge in [0.25, 0.3) is 0 Å². The zero-order valence-electron chi connectivity index (χ0n) is 19.6. The van der Waals surface area contributed by atoms with Crippen LogP contribution in [0, 0.1) is 0 Å².